The molecule has 6 nitrogen and oxygen atoms in total. The molecular weight excluding hydrogens is 278 g/mol. The molecule has 0 aliphatic heterocycles. The van der Waals surface area contributed by atoms with Crippen LogP contribution in [0.5, 0.6) is 17.2 Å². The average molecular weight is 295 g/mol. The van der Waals surface area contributed by atoms with E-state index in [-0.39, 0.29) is 0 Å². The maximum absolute atomic E-state index is 5.57. The van der Waals surface area contributed by atoms with Crippen LogP contribution in [0.1, 0.15) is 11.4 Å². The molecule has 7 heteroatoms. The molecule has 0 aliphatic carbocycles. The molecule has 2 rings (SSSR count). The number of hydrogen-bond donors (Lipinski definition) is 1. The van der Waals surface area contributed by atoms with E-state index in [1.165, 1.54) is 11.5 Å². The summed E-state index contributed by atoms with van der Waals surface area (Å²) in [5, 5.41) is 0.485. The number of rotatable bonds is 6. The Labute approximate surface area is 121 Å². The highest BCUT2D eigenvalue weighted by Gasteiger charge is 2.16. The van der Waals surface area contributed by atoms with Gasteiger partial charge < -0.3 is 19.9 Å². The van der Waals surface area contributed by atoms with E-state index in [0.29, 0.717) is 28.8 Å². The lowest BCUT2D eigenvalue weighted by Crippen LogP contribution is -2.01. The number of benzene rings is 1. The highest BCUT2D eigenvalue weighted by atomic mass is 32.1. The first-order valence-electron chi connectivity index (χ1n) is 6.05. The van der Waals surface area contributed by atoms with E-state index in [9.17, 15) is 0 Å². The molecule has 2 aromatic rings. The van der Waals surface area contributed by atoms with Gasteiger partial charge in [-0.3, -0.25) is 0 Å². The molecule has 0 saturated heterocycles. The Hall–Kier alpha value is -2.02. The number of nitrogens with two attached hydrogens (primary N) is 1. The predicted octanol–water partition coefficient (Wildman–Crippen LogP) is 1.93. The summed E-state index contributed by atoms with van der Waals surface area (Å²) in [7, 11) is 4.80. The van der Waals surface area contributed by atoms with Crippen LogP contribution in [0.3, 0.4) is 0 Å². The van der Waals surface area contributed by atoms with Crippen molar-refractivity contribution in [1.29, 1.82) is 0 Å². The summed E-state index contributed by atoms with van der Waals surface area (Å²) in [6.07, 6.45) is 1.43. The second-order valence-electron chi connectivity index (χ2n) is 4.04. The fraction of sp³-hybridized carbons (Fsp3) is 0.385. The predicted molar refractivity (Wildman–Crippen MR) is 77.8 cm³/mol. The molecule has 0 spiro atoms. The number of methoxy groups -OCH3 is 3. The second kappa shape index (κ2) is 6.42. The van der Waals surface area contributed by atoms with Gasteiger partial charge in [-0.15, -0.1) is 0 Å². The normalized spacial score (nSPS) is 10.3. The highest BCUT2D eigenvalue weighted by Crippen LogP contribution is 2.40. The summed E-state index contributed by atoms with van der Waals surface area (Å²) in [5.41, 5.74) is 6.58. The van der Waals surface area contributed by atoms with Crippen molar-refractivity contribution in [3.63, 3.8) is 0 Å². The van der Waals surface area contributed by atoms with Crippen molar-refractivity contribution in [2.45, 2.75) is 12.8 Å². The molecule has 0 radical (unpaired) electrons. The molecule has 0 amide bonds. The number of nitrogen functional groups attached to an aromatic ring is 1. The number of nitrogens with zero attached hydrogens (tertiary/aromatic N) is 2. The zero-order valence-corrected chi connectivity index (χ0v) is 12.5. The molecule has 0 saturated carbocycles. The van der Waals surface area contributed by atoms with Gasteiger partial charge in [-0.2, -0.15) is 4.37 Å². The van der Waals surface area contributed by atoms with Gasteiger partial charge in [0.1, 0.15) is 5.82 Å². The Bertz CT molecular complexity index is 586. The first kappa shape index (κ1) is 14.4. The number of anilines is 1. The van der Waals surface area contributed by atoms with E-state index >= 15 is 0 Å². The smallest absolute Gasteiger partial charge is 0.203 e. The van der Waals surface area contributed by atoms with Crippen LogP contribution in [-0.2, 0) is 12.8 Å². The van der Waals surface area contributed by atoms with Crippen molar-refractivity contribution < 1.29 is 14.2 Å². The van der Waals surface area contributed by atoms with Crippen LogP contribution in [-0.4, -0.2) is 30.7 Å². The van der Waals surface area contributed by atoms with Crippen LogP contribution in [0.25, 0.3) is 0 Å². The maximum atomic E-state index is 5.57. The van der Waals surface area contributed by atoms with Gasteiger partial charge in [0.05, 0.1) is 21.3 Å². The first-order valence-corrected chi connectivity index (χ1v) is 6.82. The molecule has 0 atom stereocenters. The fourth-order valence-corrected chi connectivity index (χ4v) is 2.45. The van der Waals surface area contributed by atoms with Gasteiger partial charge in [0.25, 0.3) is 0 Å². The molecular formula is C13H17N3O3S. The standard InChI is InChI=1S/C13H17N3O3S/c1-17-9-6-4-8(11(18-2)12(9)19-3)5-7-10-15-13(14)20-16-10/h4,6H,5,7H2,1-3H3,(H2,14,15,16). The van der Waals surface area contributed by atoms with Crippen LogP contribution >= 0.6 is 11.5 Å². The minimum atomic E-state index is 0.485. The van der Waals surface area contributed by atoms with Crippen molar-refractivity contribution >= 4 is 16.7 Å². The Morgan fingerprint density at radius 2 is 1.80 bits per heavy atom. The Morgan fingerprint density at radius 1 is 1.05 bits per heavy atom. The van der Waals surface area contributed by atoms with Gasteiger partial charge in [0.15, 0.2) is 16.6 Å². The molecule has 0 unspecified atom stereocenters. The molecule has 0 aliphatic rings. The van der Waals surface area contributed by atoms with E-state index in [0.717, 1.165) is 17.8 Å². The maximum Gasteiger partial charge on any atom is 0.203 e. The van der Waals surface area contributed by atoms with Crippen LogP contribution < -0.4 is 19.9 Å². The summed E-state index contributed by atoms with van der Waals surface area (Å²) in [4.78, 5) is 4.15. The van der Waals surface area contributed by atoms with E-state index in [1.807, 2.05) is 12.1 Å². The molecule has 1 aromatic carbocycles. The quantitative estimate of drug-likeness (QED) is 0.877. The SMILES string of the molecule is COc1ccc(CCc2nsc(N)n2)c(OC)c1OC. The van der Waals surface area contributed by atoms with Gasteiger partial charge in [-0.1, -0.05) is 6.07 Å². The van der Waals surface area contributed by atoms with Gasteiger partial charge in [0.2, 0.25) is 5.75 Å². The molecule has 108 valence electrons. The van der Waals surface area contributed by atoms with Crippen molar-refractivity contribution in [1.82, 2.24) is 9.36 Å². The Kier molecular flexibility index (Phi) is 4.62. The van der Waals surface area contributed by atoms with Gasteiger partial charge in [-0.25, -0.2) is 4.98 Å². The largest absolute Gasteiger partial charge is 0.493 e. The lowest BCUT2D eigenvalue weighted by atomic mass is 10.1. The number of ether oxygens (including phenoxy) is 3. The first-order chi connectivity index (χ1) is 9.69. The molecule has 1 aromatic heterocycles. The summed E-state index contributed by atoms with van der Waals surface area (Å²) in [6.45, 7) is 0. The van der Waals surface area contributed by atoms with E-state index in [1.54, 1.807) is 21.3 Å². The lowest BCUT2D eigenvalue weighted by Gasteiger charge is -2.15. The van der Waals surface area contributed by atoms with Gasteiger partial charge >= 0.3 is 0 Å². The molecule has 1 heterocycles. The van der Waals surface area contributed by atoms with Crippen molar-refractivity contribution in [3.8, 4) is 17.2 Å². The third-order valence-corrected chi connectivity index (χ3v) is 3.47. The summed E-state index contributed by atoms with van der Waals surface area (Å²) in [5.74, 6) is 2.65. The average Bonchev–Trinajstić information content (AvgIpc) is 2.89. The molecule has 2 N–H and O–H groups in total. The second-order valence-corrected chi connectivity index (χ2v) is 4.83. The minimum absolute atomic E-state index is 0.485. The molecule has 0 fully saturated rings. The van der Waals surface area contributed by atoms with E-state index < -0.39 is 0 Å². The Balaban J connectivity index is 2.22. The number of hydrogen-bond acceptors (Lipinski definition) is 7. The third-order valence-electron chi connectivity index (χ3n) is 2.89. The summed E-state index contributed by atoms with van der Waals surface area (Å²) in [6, 6.07) is 3.81. The van der Waals surface area contributed by atoms with Crippen molar-refractivity contribution in [2.75, 3.05) is 27.1 Å². The topological polar surface area (TPSA) is 79.5 Å². The number of aromatic nitrogens is 2. The Morgan fingerprint density at radius 3 is 2.35 bits per heavy atom. The molecule has 0 bridgehead atoms. The number of aryl methyl sites for hydroxylation is 2. The van der Waals surface area contributed by atoms with Crippen LogP contribution in [0.15, 0.2) is 12.1 Å². The summed E-state index contributed by atoms with van der Waals surface area (Å²) >= 11 is 1.20. The third kappa shape index (κ3) is 2.93. The van der Waals surface area contributed by atoms with Crippen LogP contribution in [0.4, 0.5) is 5.13 Å². The zero-order valence-electron chi connectivity index (χ0n) is 11.7. The monoisotopic (exact) mass is 295 g/mol. The van der Waals surface area contributed by atoms with Crippen LogP contribution in [0, 0.1) is 0 Å². The molecule has 20 heavy (non-hydrogen) atoms. The van der Waals surface area contributed by atoms with Gasteiger partial charge in [0, 0.05) is 18.0 Å². The lowest BCUT2D eigenvalue weighted by molar-refractivity contribution is 0.322. The highest BCUT2D eigenvalue weighted by molar-refractivity contribution is 7.09. The minimum Gasteiger partial charge on any atom is -0.493 e. The fourth-order valence-electron chi connectivity index (χ4n) is 1.98. The van der Waals surface area contributed by atoms with Crippen LogP contribution in [0.2, 0.25) is 0 Å². The van der Waals surface area contributed by atoms with E-state index in [4.69, 9.17) is 19.9 Å². The van der Waals surface area contributed by atoms with Crippen molar-refractivity contribution in [3.05, 3.63) is 23.5 Å². The summed E-state index contributed by atoms with van der Waals surface area (Å²) < 4.78 is 20.2. The van der Waals surface area contributed by atoms with Crippen molar-refractivity contribution in [2.24, 2.45) is 0 Å². The van der Waals surface area contributed by atoms with Gasteiger partial charge in [-0.05, 0) is 18.1 Å². The van der Waals surface area contributed by atoms with E-state index in [2.05, 4.69) is 9.36 Å². The zero-order chi connectivity index (χ0) is 14.5.